The normalized spacial score (nSPS) is 11.2. The fourth-order valence-corrected chi connectivity index (χ4v) is 2.41. The highest BCUT2D eigenvalue weighted by Crippen LogP contribution is 2.09. The standard InChI is InChI=1S/C15H18N2O2SSi/c1-14-8-10-15(11-9-14)20(18,19)17-16-12-6-5-7-13-21(2,3)4/h8-12,17H,1-4H3/b16-12+. The van der Waals surface area contributed by atoms with Gasteiger partial charge in [-0.3, -0.25) is 0 Å². The van der Waals surface area contributed by atoms with E-state index in [9.17, 15) is 8.42 Å². The molecule has 0 amide bonds. The number of sulfonamides is 1. The summed E-state index contributed by atoms with van der Waals surface area (Å²) in [6, 6.07) is 6.50. The minimum atomic E-state index is -3.64. The third-order valence-electron chi connectivity index (χ3n) is 2.21. The minimum Gasteiger partial charge on any atom is -0.200 e. The molecule has 0 heterocycles. The topological polar surface area (TPSA) is 58.5 Å². The molecule has 0 saturated heterocycles. The highest BCUT2D eigenvalue weighted by Gasteiger charge is 2.11. The third-order valence-corrected chi connectivity index (χ3v) is 4.32. The van der Waals surface area contributed by atoms with E-state index in [1.165, 1.54) is 18.3 Å². The maximum atomic E-state index is 11.9. The smallest absolute Gasteiger partial charge is 0.200 e. The van der Waals surface area contributed by atoms with Crippen LogP contribution in [0.4, 0.5) is 0 Å². The average molecular weight is 318 g/mol. The fraction of sp³-hybridized carbons (Fsp3) is 0.267. The molecule has 110 valence electrons. The lowest BCUT2D eigenvalue weighted by Gasteiger charge is -2.02. The summed E-state index contributed by atoms with van der Waals surface area (Å²) < 4.78 is 23.7. The molecular weight excluding hydrogens is 300 g/mol. The molecule has 21 heavy (non-hydrogen) atoms. The summed E-state index contributed by atoms with van der Waals surface area (Å²) in [7, 11) is -5.06. The van der Waals surface area contributed by atoms with Crippen molar-refractivity contribution < 1.29 is 8.42 Å². The number of nitrogens with one attached hydrogen (secondary N) is 1. The quantitative estimate of drug-likeness (QED) is 0.402. The second kappa shape index (κ2) is 7.12. The van der Waals surface area contributed by atoms with Gasteiger partial charge in [0.15, 0.2) is 0 Å². The Morgan fingerprint density at radius 3 is 2.33 bits per heavy atom. The number of hydrazone groups is 1. The van der Waals surface area contributed by atoms with E-state index in [2.05, 4.69) is 52.9 Å². The third kappa shape index (κ3) is 6.80. The van der Waals surface area contributed by atoms with Gasteiger partial charge in [-0.15, -0.1) is 5.54 Å². The van der Waals surface area contributed by atoms with Crippen LogP contribution in [0.3, 0.4) is 0 Å². The average Bonchev–Trinajstić information content (AvgIpc) is 2.36. The molecule has 1 aromatic carbocycles. The predicted molar refractivity (Wildman–Crippen MR) is 88.9 cm³/mol. The molecule has 0 aromatic heterocycles. The molecule has 4 nitrogen and oxygen atoms in total. The van der Waals surface area contributed by atoms with E-state index in [1.54, 1.807) is 12.1 Å². The number of hydrogen-bond donors (Lipinski definition) is 1. The summed E-state index contributed by atoms with van der Waals surface area (Å²) in [6.07, 6.45) is 1.19. The Hall–Kier alpha value is -2.02. The van der Waals surface area contributed by atoms with Gasteiger partial charge in [-0.2, -0.15) is 18.4 Å². The van der Waals surface area contributed by atoms with Crippen LogP contribution in [-0.4, -0.2) is 22.7 Å². The first-order chi connectivity index (χ1) is 9.71. The molecule has 0 aliphatic heterocycles. The molecule has 0 radical (unpaired) electrons. The van der Waals surface area contributed by atoms with Crippen molar-refractivity contribution in [3.63, 3.8) is 0 Å². The van der Waals surface area contributed by atoms with Gasteiger partial charge in [0.25, 0.3) is 10.0 Å². The predicted octanol–water partition coefficient (Wildman–Crippen LogP) is 2.14. The number of hydrogen-bond acceptors (Lipinski definition) is 3. The SMILES string of the molecule is Cc1ccc(S(=O)(=O)N/N=C/C#CC#C[Si](C)(C)C)cc1. The Morgan fingerprint density at radius 2 is 1.76 bits per heavy atom. The van der Waals surface area contributed by atoms with Crippen LogP contribution in [0.5, 0.6) is 0 Å². The molecule has 0 bridgehead atoms. The molecule has 1 aromatic rings. The lowest BCUT2D eigenvalue weighted by Crippen LogP contribution is -2.18. The fourth-order valence-electron chi connectivity index (χ4n) is 1.19. The molecule has 0 saturated carbocycles. The van der Waals surface area contributed by atoms with Crippen LogP contribution in [0.15, 0.2) is 34.3 Å². The molecule has 0 fully saturated rings. The Balaban J connectivity index is 2.66. The van der Waals surface area contributed by atoms with E-state index in [0.29, 0.717) is 0 Å². The Kier molecular flexibility index (Phi) is 5.77. The zero-order valence-corrected chi connectivity index (χ0v) is 14.4. The van der Waals surface area contributed by atoms with Gasteiger partial charge in [0.2, 0.25) is 0 Å². The van der Waals surface area contributed by atoms with Gasteiger partial charge in [-0.1, -0.05) is 37.3 Å². The van der Waals surface area contributed by atoms with Crippen molar-refractivity contribution in [1.82, 2.24) is 4.83 Å². The highest BCUT2D eigenvalue weighted by molar-refractivity contribution is 7.89. The number of benzene rings is 1. The molecule has 0 unspecified atom stereocenters. The van der Waals surface area contributed by atoms with Crippen molar-refractivity contribution in [2.24, 2.45) is 5.10 Å². The lowest BCUT2D eigenvalue weighted by atomic mass is 10.2. The largest absolute Gasteiger partial charge is 0.276 e. The first-order valence-corrected chi connectivity index (χ1v) is 11.3. The molecule has 0 spiro atoms. The van der Waals surface area contributed by atoms with Gasteiger partial charge in [0.05, 0.1) is 11.1 Å². The van der Waals surface area contributed by atoms with Crippen LogP contribution in [0.2, 0.25) is 19.6 Å². The minimum absolute atomic E-state index is 0.164. The number of nitrogens with zero attached hydrogens (tertiary/aromatic N) is 1. The summed E-state index contributed by atoms with van der Waals surface area (Å²) in [5, 5.41) is 3.58. The van der Waals surface area contributed by atoms with Gasteiger partial charge in [0, 0.05) is 0 Å². The molecule has 1 rings (SSSR count). The van der Waals surface area contributed by atoms with Crippen LogP contribution >= 0.6 is 0 Å². The van der Waals surface area contributed by atoms with Crippen molar-refractivity contribution in [3.8, 4) is 23.3 Å². The van der Waals surface area contributed by atoms with Crippen LogP contribution in [-0.2, 0) is 10.0 Å². The van der Waals surface area contributed by atoms with Gasteiger partial charge < -0.3 is 0 Å². The number of aryl methyl sites for hydroxylation is 1. The highest BCUT2D eigenvalue weighted by atomic mass is 32.2. The van der Waals surface area contributed by atoms with Crippen molar-refractivity contribution in [3.05, 3.63) is 29.8 Å². The van der Waals surface area contributed by atoms with Gasteiger partial charge in [0.1, 0.15) is 8.07 Å². The van der Waals surface area contributed by atoms with E-state index in [4.69, 9.17) is 0 Å². The van der Waals surface area contributed by atoms with Crippen molar-refractivity contribution in [2.45, 2.75) is 31.5 Å². The summed E-state index contributed by atoms with van der Waals surface area (Å²) in [5.41, 5.74) is 4.07. The Morgan fingerprint density at radius 1 is 1.14 bits per heavy atom. The van der Waals surface area contributed by atoms with Crippen molar-refractivity contribution in [1.29, 1.82) is 0 Å². The maximum Gasteiger partial charge on any atom is 0.276 e. The second-order valence-corrected chi connectivity index (χ2v) is 11.8. The van der Waals surface area contributed by atoms with E-state index in [0.717, 1.165) is 5.56 Å². The van der Waals surface area contributed by atoms with E-state index < -0.39 is 18.1 Å². The first-order valence-electron chi connectivity index (χ1n) is 6.33. The summed E-state index contributed by atoms with van der Waals surface area (Å²) in [5.74, 6) is 7.93. The van der Waals surface area contributed by atoms with Gasteiger partial charge in [-0.05, 0) is 36.8 Å². The lowest BCUT2D eigenvalue weighted by molar-refractivity contribution is 0.584. The van der Waals surface area contributed by atoms with Crippen molar-refractivity contribution >= 4 is 24.3 Å². The van der Waals surface area contributed by atoms with Crippen LogP contribution in [0, 0.1) is 30.2 Å². The summed E-state index contributed by atoms with van der Waals surface area (Å²) >= 11 is 0. The Labute approximate surface area is 127 Å². The van der Waals surface area contributed by atoms with E-state index in [1.807, 2.05) is 6.92 Å². The monoisotopic (exact) mass is 318 g/mol. The molecular formula is C15H18N2O2SSi. The zero-order valence-electron chi connectivity index (χ0n) is 12.6. The number of rotatable bonds is 3. The maximum absolute atomic E-state index is 11.9. The van der Waals surface area contributed by atoms with Gasteiger partial charge >= 0.3 is 0 Å². The molecule has 1 N–H and O–H groups in total. The molecule has 0 aliphatic carbocycles. The van der Waals surface area contributed by atoms with Crippen LogP contribution in [0.25, 0.3) is 0 Å². The summed E-state index contributed by atoms with van der Waals surface area (Å²) in [6.45, 7) is 8.24. The Bertz CT molecular complexity index is 737. The molecule has 0 aliphatic rings. The van der Waals surface area contributed by atoms with Crippen molar-refractivity contribution in [2.75, 3.05) is 0 Å². The van der Waals surface area contributed by atoms with E-state index in [-0.39, 0.29) is 4.90 Å². The summed E-state index contributed by atoms with van der Waals surface area (Å²) in [4.78, 5) is 2.27. The van der Waals surface area contributed by atoms with Crippen LogP contribution in [0.1, 0.15) is 5.56 Å². The van der Waals surface area contributed by atoms with E-state index >= 15 is 0 Å². The molecule has 0 atom stereocenters. The first kappa shape index (κ1) is 17.0. The zero-order chi connectivity index (χ0) is 15.9. The second-order valence-electron chi connectivity index (χ2n) is 5.44. The molecule has 6 heteroatoms. The van der Waals surface area contributed by atoms with Crippen LogP contribution < -0.4 is 4.83 Å². The van der Waals surface area contributed by atoms with Gasteiger partial charge in [-0.25, -0.2) is 0 Å².